The van der Waals surface area contributed by atoms with E-state index in [1.807, 2.05) is 65.2 Å². The third-order valence-electron chi connectivity index (χ3n) is 6.91. The lowest BCUT2D eigenvalue weighted by molar-refractivity contribution is 0.104. The van der Waals surface area contributed by atoms with Gasteiger partial charge >= 0.3 is 0 Å². The molecule has 202 valence electrons. The summed E-state index contributed by atoms with van der Waals surface area (Å²) in [6.07, 6.45) is 3.02. The molecule has 0 bridgehead atoms. The number of benzene rings is 4. The van der Waals surface area contributed by atoms with Gasteiger partial charge in [0.25, 0.3) is 5.56 Å². The summed E-state index contributed by atoms with van der Waals surface area (Å²) in [5, 5.41) is 1.75. The van der Waals surface area contributed by atoms with Crippen LogP contribution in [-0.4, -0.2) is 27.4 Å². The van der Waals surface area contributed by atoms with E-state index in [0.717, 1.165) is 22.4 Å². The van der Waals surface area contributed by atoms with Gasteiger partial charge in [-0.15, -0.1) is 0 Å². The smallest absolute Gasteiger partial charge is 0.260 e. The van der Waals surface area contributed by atoms with Gasteiger partial charge in [0.2, 0.25) is 0 Å². The molecule has 0 amide bonds. The maximum Gasteiger partial charge on any atom is 0.260 e. The summed E-state index contributed by atoms with van der Waals surface area (Å²) in [4.78, 5) is 34.7. The fourth-order valence-electron chi connectivity index (χ4n) is 4.97. The molecule has 8 heteroatoms. The average molecular weight is 580 g/mol. The minimum Gasteiger partial charge on any atom is -0.497 e. The van der Waals surface area contributed by atoms with Crippen molar-refractivity contribution in [3.8, 4) is 16.9 Å². The van der Waals surface area contributed by atoms with E-state index in [1.54, 1.807) is 43.5 Å². The molecule has 6 rings (SSSR count). The van der Waals surface area contributed by atoms with Crippen molar-refractivity contribution in [1.29, 1.82) is 0 Å². The van der Waals surface area contributed by atoms with Crippen LogP contribution in [0.3, 0.4) is 0 Å². The number of carbonyl (C=O) groups excluding carboxylic acids is 1. The van der Waals surface area contributed by atoms with Crippen molar-refractivity contribution in [2.24, 2.45) is 0 Å². The van der Waals surface area contributed by atoms with Crippen molar-refractivity contribution < 1.29 is 9.53 Å². The van der Waals surface area contributed by atoms with Crippen LogP contribution in [0.4, 0.5) is 0 Å². The fraction of sp³-hybridized carbons (Fsp3) is 0.0606. The molecule has 6 aromatic rings. The quantitative estimate of drug-likeness (QED) is 0.154. The number of ketones is 1. The number of hydrogen-bond acceptors (Lipinski definition) is 4. The number of aromatic amines is 1. The van der Waals surface area contributed by atoms with Crippen LogP contribution >= 0.6 is 23.2 Å². The highest BCUT2D eigenvalue weighted by molar-refractivity contribution is 6.32. The summed E-state index contributed by atoms with van der Waals surface area (Å²) in [5.41, 5.74) is 3.99. The monoisotopic (exact) mass is 579 g/mol. The Bertz CT molecular complexity index is 2010. The first kappa shape index (κ1) is 26.6. The summed E-state index contributed by atoms with van der Waals surface area (Å²) >= 11 is 12.6. The molecule has 6 nitrogen and oxygen atoms in total. The Kier molecular flexibility index (Phi) is 7.18. The number of nitrogens with one attached hydrogen (secondary N) is 1. The van der Waals surface area contributed by atoms with Crippen LogP contribution < -0.4 is 10.3 Å². The lowest BCUT2D eigenvalue weighted by Gasteiger charge is -2.12. The second-order valence-electron chi connectivity index (χ2n) is 9.49. The van der Waals surface area contributed by atoms with Gasteiger partial charge < -0.3 is 14.3 Å². The zero-order valence-electron chi connectivity index (χ0n) is 21.9. The number of halogens is 2. The largest absolute Gasteiger partial charge is 0.497 e. The number of rotatable bonds is 7. The van der Waals surface area contributed by atoms with Gasteiger partial charge in [-0.25, -0.2) is 4.98 Å². The standard InChI is InChI=1S/C33H23Cl2N3O3/c1-41-24-11-7-20(8-12-24)19-38-28-14-10-23(35)18-27(28)36-30(38)16-15-29(39)32-31(21-5-3-2-4-6-21)25-17-22(34)9-13-26(25)37-33(32)40/h2-18H,19H2,1H3,(H,37,40). The third-order valence-corrected chi connectivity index (χ3v) is 7.38. The van der Waals surface area contributed by atoms with Crippen LogP contribution in [0.5, 0.6) is 5.75 Å². The Morgan fingerprint density at radius 1 is 0.951 bits per heavy atom. The lowest BCUT2D eigenvalue weighted by Crippen LogP contribution is -2.18. The second kappa shape index (κ2) is 11.1. The maximum atomic E-state index is 13.8. The van der Waals surface area contributed by atoms with Gasteiger partial charge in [0.15, 0.2) is 5.78 Å². The topological polar surface area (TPSA) is 77.0 Å². The van der Waals surface area contributed by atoms with Crippen LogP contribution in [0.25, 0.3) is 39.1 Å². The Morgan fingerprint density at radius 2 is 1.68 bits per heavy atom. The lowest BCUT2D eigenvalue weighted by atomic mass is 9.94. The van der Waals surface area contributed by atoms with E-state index < -0.39 is 11.3 Å². The highest BCUT2D eigenvalue weighted by Crippen LogP contribution is 2.32. The maximum absolute atomic E-state index is 13.8. The van der Waals surface area contributed by atoms with E-state index >= 15 is 0 Å². The van der Waals surface area contributed by atoms with Crippen molar-refractivity contribution in [2.75, 3.05) is 7.11 Å². The van der Waals surface area contributed by atoms with Crippen molar-refractivity contribution in [3.05, 3.63) is 134 Å². The minimum atomic E-state index is -0.480. The van der Waals surface area contributed by atoms with Crippen molar-refractivity contribution in [3.63, 3.8) is 0 Å². The van der Waals surface area contributed by atoms with Gasteiger partial charge in [-0.3, -0.25) is 9.59 Å². The summed E-state index contributed by atoms with van der Waals surface area (Å²) in [6, 6.07) is 27.8. The zero-order valence-corrected chi connectivity index (χ0v) is 23.4. The second-order valence-corrected chi connectivity index (χ2v) is 10.4. The van der Waals surface area contributed by atoms with Gasteiger partial charge in [-0.1, -0.05) is 65.7 Å². The minimum absolute atomic E-state index is 0.0306. The number of pyridine rings is 1. The number of allylic oxidation sites excluding steroid dienone is 1. The molecule has 41 heavy (non-hydrogen) atoms. The van der Waals surface area contributed by atoms with Gasteiger partial charge in [-0.05, 0) is 71.8 Å². The first-order valence-electron chi connectivity index (χ1n) is 12.8. The van der Waals surface area contributed by atoms with E-state index in [2.05, 4.69) is 4.98 Å². The van der Waals surface area contributed by atoms with E-state index in [1.165, 1.54) is 6.08 Å². The first-order valence-corrected chi connectivity index (χ1v) is 13.6. The molecule has 0 unspecified atom stereocenters. The van der Waals surface area contributed by atoms with E-state index in [-0.39, 0.29) is 5.56 Å². The molecule has 0 aliphatic carbocycles. The van der Waals surface area contributed by atoms with Gasteiger partial charge in [0, 0.05) is 33.1 Å². The third kappa shape index (κ3) is 5.27. The molecule has 0 radical (unpaired) electrons. The molecule has 0 aliphatic rings. The molecule has 0 atom stereocenters. The van der Waals surface area contributed by atoms with Crippen LogP contribution in [0.2, 0.25) is 10.0 Å². The molecule has 2 heterocycles. The van der Waals surface area contributed by atoms with E-state index in [4.69, 9.17) is 32.9 Å². The van der Waals surface area contributed by atoms with Gasteiger partial charge in [0.1, 0.15) is 11.6 Å². The van der Waals surface area contributed by atoms with Crippen LogP contribution in [0, 0.1) is 0 Å². The normalized spacial score (nSPS) is 11.5. The van der Waals surface area contributed by atoms with Gasteiger partial charge in [-0.2, -0.15) is 0 Å². The number of aromatic nitrogens is 3. The van der Waals surface area contributed by atoms with Crippen LogP contribution in [0.1, 0.15) is 21.7 Å². The molecular weight excluding hydrogens is 557 g/mol. The number of imidazole rings is 1. The van der Waals surface area contributed by atoms with E-state index in [9.17, 15) is 9.59 Å². The zero-order chi connectivity index (χ0) is 28.5. The number of carbonyl (C=O) groups is 1. The molecule has 0 aliphatic heterocycles. The Morgan fingerprint density at radius 3 is 2.44 bits per heavy atom. The Labute approximate surface area is 245 Å². The van der Waals surface area contributed by atoms with Gasteiger partial charge in [0.05, 0.1) is 23.7 Å². The molecule has 1 N–H and O–H groups in total. The number of H-pyrrole nitrogens is 1. The molecule has 4 aromatic carbocycles. The molecule has 0 saturated carbocycles. The fourth-order valence-corrected chi connectivity index (χ4v) is 5.31. The predicted octanol–water partition coefficient (Wildman–Crippen LogP) is 7.80. The number of ether oxygens (including phenoxy) is 1. The van der Waals surface area contributed by atoms with Crippen LogP contribution in [0.15, 0.2) is 102 Å². The highest BCUT2D eigenvalue weighted by atomic mass is 35.5. The first-order chi connectivity index (χ1) is 19.9. The van der Waals surface area contributed by atoms with E-state index in [0.29, 0.717) is 44.4 Å². The SMILES string of the molecule is COc1ccc(Cn2c(C=CC(=O)c3c(-c4ccccc4)c4cc(Cl)ccc4[nH]c3=O)nc3cc(Cl)ccc32)cc1. The summed E-state index contributed by atoms with van der Waals surface area (Å²) < 4.78 is 7.28. The number of nitrogens with zero attached hydrogens (tertiary/aromatic N) is 2. The Balaban J connectivity index is 1.46. The van der Waals surface area contributed by atoms with Crippen molar-refractivity contribution in [2.45, 2.75) is 6.54 Å². The summed E-state index contributed by atoms with van der Waals surface area (Å²) in [6.45, 7) is 0.500. The molecule has 0 fully saturated rings. The number of methoxy groups -OCH3 is 1. The molecule has 0 saturated heterocycles. The number of hydrogen-bond donors (Lipinski definition) is 1. The van der Waals surface area contributed by atoms with Crippen LogP contribution in [-0.2, 0) is 6.54 Å². The van der Waals surface area contributed by atoms with Crippen molar-refractivity contribution >= 4 is 57.0 Å². The molecular formula is C33H23Cl2N3O3. The molecule has 0 spiro atoms. The predicted molar refractivity (Wildman–Crippen MR) is 165 cm³/mol. The highest BCUT2D eigenvalue weighted by Gasteiger charge is 2.20. The number of fused-ring (bicyclic) bond motifs is 2. The average Bonchev–Trinajstić information content (AvgIpc) is 3.32. The van der Waals surface area contributed by atoms with Crippen molar-refractivity contribution in [1.82, 2.24) is 14.5 Å². The summed E-state index contributed by atoms with van der Waals surface area (Å²) in [5.74, 6) is 0.860. The Hall–Kier alpha value is -4.65. The molecule has 2 aromatic heterocycles. The summed E-state index contributed by atoms with van der Waals surface area (Å²) in [7, 11) is 1.63.